The van der Waals surface area contributed by atoms with Gasteiger partial charge in [-0.05, 0) is 42.8 Å². The molecule has 0 fully saturated rings. The summed E-state index contributed by atoms with van der Waals surface area (Å²) in [6, 6.07) is 6.52. The van der Waals surface area contributed by atoms with Crippen molar-refractivity contribution in [3.8, 4) is 0 Å². The van der Waals surface area contributed by atoms with E-state index in [1.807, 2.05) is 0 Å². The first kappa shape index (κ1) is 13.0. The van der Waals surface area contributed by atoms with E-state index in [1.54, 1.807) is 12.1 Å². The third-order valence-electron chi connectivity index (χ3n) is 2.05. The minimum Gasteiger partial charge on any atom is -0.233 e. The molecule has 0 heterocycles. The van der Waals surface area contributed by atoms with Gasteiger partial charge in [0.25, 0.3) is 0 Å². The number of sulfonamides is 1. The first-order valence-electron chi connectivity index (χ1n) is 4.69. The summed E-state index contributed by atoms with van der Waals surface area (Å²) in [5, 5.41) is 7.28. The molecular formula is C10H12N2O2S2. The number of rotatable bonds is 5. The van der Waals surface area contributed by atoms with Crippen molar-refractivity contribution >= 4 is 27.4 Å². The van der Waals surface area contributed by atoms with Gasteiger partial charge in [0.15, 0.2) is 0 Å². The third kappa shape index (κ3) is 4.20. The van der Waals surface area contributed by atoms with Gasteiger partial charge in [0.2, 0.25) is 10.0 Å². The lowest BCUT2D eigenvalue weighted by atomic mass is 10.1. The Hall–Kier alpha value is -1.07. The molecule has 86 valence electrons. The highest BCUT2D eigenvalue weighted by Gasteiger charge is 2.06. The van der Waals surface area contributed by atoms with Gasteiger partial charge >= 0.3 is 0 Å². The number of thiocarbonyl (C=S) groups is 1. The van der Waals surface area contributed by atoms with E-state index in [1.165, 1.54) is 12.1 Å². The summed E-state index contributed by atoms with van der Waals surface area (Å²) >= 11 is 4.44. The maximum atomic E-state index is 11.0. The number of primary sulfonamides is 1. The largest absolute Gasteiger partial charge is 0.238 e. The van der Waals surface area contributed by atoms with Gasteiger partial charge in [-0.2, -0.15) is 0 Å². The molecule has 1 rings (SSSR count). The molecule has 16 heavy (non-hydrogen) atoms. The monoisotopic (exact) mass is 256 g/mol. The fourth-order valence-corrected chi connectivity index (χ4v) is 1.86. The Bertz CT molecular complexity index is 488. The molecule has 0 aliphatic carbocycles. The molecule has 2 N–H and O–H groups in total. The Kier molecular flexibility index (Phi) is 4.76. The van der Waals surface area contributed by atoms with Crippen LogP contribution in [0.3, 0.4) is 0 Å². The van der Waals surface area contributed by atoms with Crippen LogP contribution < -0.4 is 5.14 Å². The second-order valence-corrected chi connectivity index (χ2v) is 5.01. The van der Waals surface area contributed by atoms with Crippen molar-refractivity contribution in [2.75, 3.05) is 6.54 Å². The van der Waals surface area contributed by atoms with E-state index >= 15 is 0 Å². The van der Waals surface area contributed by atoms with Crippen molar-refractivity contribution in [1.29, 1.82) is 0 Å². The fourth-order valence-electron chi connectivity index (χ4n) is 1.25. The van der Waals surface area contributed by atoms with Gasteiger partial charge in [-0.1, -0.05) is 12.1 Å². The Labute approximate surface area is 100 Å². The van der Waals surface area contributed by atoms with Crippen LogP contribution in [-0.2, 0) is 16.4 Å². The van der Waals surface area contributed by atoms with Crippen molar-refractivity contribution in [1.82, 2.24) is 0 Å². The lowest BCUT2D eigenvalue weighted by molar-refractivity contribution is 0.598. The Balaban J connectivity index is 2.62. The average Bonchev–Trinajstić information content (AvgIpc) is 2.24. The van der Waals surface area contributed by atoms with Crippen LogP contribution in [0.15, 0.2) is 34.2 Å². The van der Waals surface area contributed by atoms with Crippen molar-refractivity contribution in [2.45, 2.75) is 17.7 Å². The lowest BCUT2D eigenvalue weighted by Crippen LogP contribution is -2.11. The van der Waals surface area contributed by atoms with Crippen molar-refractivity contribution in [3.05, 3.63) is 29.8 Å². The molecule has 1 aromatic rings. The zero-order valence-corrected chi connectivity index (χ0v) is 10.2. The molecule has 0 radical (unpaired) electrons. The van der Waals surface area contributed by atoms with E-state index < -0.39 is 10.0 Å². The van der Waals surface area contributed by atoms with Crippen LogP contribution in [-0.4, -0.2) is 20.1 Å². The third-order valence-corrected chi connectivity index (χ3v) is 3.11. The summed E-state index contributed by atoms with van der Waals surface area (Å²) in [6.45, 7) is 0.639. The molecule has 0 amide bonds. The molecule has 0 saturated carbocycles. The number of aryl methyl sites for hydroxylation is 1. The molecule has 0 saturated heterocycles. The maximum Gasteiger partial charge on any atom is 0.238 e. The summed E-state index contributed by atoms with van der Waals surface area (Å²) in [6.07, 6.45) is 1.68. The van der Waals surface area contributed by atoms with E-state index in [2.05, 4.69) is 22.4 Å². The molecule has 0 bridgehead atoms. The highest BCUT2D eigenvalue weighted by Crippen LogP contribution is 2.10. The second-order valence-electron chi connectivity index (χ2n) is 3.27. The van der Waals surface area contributed by atoms with Crippen LogP contribution in [0.25, 0.3) is 0 Å². The van der Waals surface area contributed by atoms with Crippen LogP contribution >= 0.6 is 12.2 Å². The van der Waals surface area contributed by atoms with E-state index in [9.17, 15) is 8.42 Å². The quantitative estimate of drug-likeness (QED) is 0.491. The summed E-state index contributed by atoms with van der Waals surface area (Å²) in [4.78, 5) is 3.93. The second kappa shape index (κ2) is 5.86. The molecule has 0 aliphatic rings. The number of isothiocyanates is 1. The summed E-state index contributed by atoms with van der Waals surface area (Å²) in [5.74, 6) is 0. The van der Waals surface area contributed by atoms with Gasteiger partial charge in [0.05, 0.1) is 10.1 Å². The predicted molar refractivity (Wildman–Crippen MR) is 66.0 cm³/mol. The standard InChI is InChI=1S/C10H12N2O2S2/c11-16(13,14)10-5-3-9(4-6-10)2-1-7-12-8-15/h3-6H,1-2,7H2,(H2,11,13,14). The SMILES string of the molecule is NS(=O)(=O)c1ccc(CCCN=C=S)cc1. The Morgan fingerprint density at radius 1 is 1.31 bits per heavy atom. The molecule has 6 heteroatoms. The number of hydrogen-bond acceptors (Lipinski definition) is 4. The summed E-state index contributed by atoms with van der Waals surface area (Å²) in [5.41, 5.74) is 1.05. The molecule has 0 aromatic heterocycles. The van der Waals surface area contributed by atoms with Gasteiger partial charge in [-0.15, -0.1) is 0 Å². The first-order valence-corrected chi connectivity index (χ1v) is 6.65. The number of aliphatic imine (C=N–C) groups is 1. The van der Waals surface area contributed by atoms with E-state index in [4.69, 9.17) is 5.14 Å². The van der Waals surface area contributed by atoms with Crippen LogP contribution in [0.4, 0.5) is 0 Å². The average molecular weight is 256 g/mol. The smallest absolute Gasteiger partial charge is 0.233 e. The fraction of sp³-hybridized carbons (Fsp3) is 0.300. The maximum absolute atomic E-state index is 11.0. The lowest BCUT2D eigenvalue weighted by Gasteiger charge is -2.01. The number of hydrogen-bond donors (Lipinski definition) is 1. The first-order chi connectivity index (χ1) is 7.54. The molecular weight excluding hydrogens is 244 g/mol. The highest BCUT2D eigenvalue weighted by molar-refractivity contribution is 7.89. The van der Waals surface area contributed by atoms with Crippen molar-refractivity contribution < 1.29 is 8.42 Å². The summed E-state index contributed by atoms with van der Waals surface area (Å²) in [7, 11) is -3.59. The van der Waals surface area contributed by atoms with Crippen molar-refractivity contribution in [2.24, 2.45) is 10.1 Å². The van der Waals surface area contributed by atoms with Gasteiger partial charge in [0.1, 0.15) is 0 Å². The van der Waals surface area contributed by atoms with E-state index in [0.29, 0.717) is 6.54 Å². The van der Waals surface area contributed by atoms with Crippen molar-refractivity contribution in [3.63, 3.8) is 0 Å². The topological polar surface area (TPSA) is 72.5 Å². The number of benzene rings is 1. The zero-order chi connectivity index (χ0) is 12.0. The molecule has 0 aliphatic heterocycles. The van der Waals surface area contributed by atoms with Gasteiger partial charge in [-0.25, -0.2) is 18.5 Å². The highest BCUT2D eigenvalue weighted by atomic mass is 32.2. The molecule has 0 unspecified atom stereocenters. The molecule has 0 spiro atoms. The Morgan fingerprint density at radius 3 is 2.44 bits per heavy atom. The minimum atomic E-state index is -3.59. The van der Waals surface area contributed by atoms with Crippen LogP contribution in [0.2, 0.25) is 0 Å². The normalized spacial score (nSPS) is 10.8. The van der Waals surface area contributed by atoms with Crippen LogP contribution in [0.5, 0.6) is 0 Å². The van der Waals surface area contributed by atoms with Gasteiger partial charge in [0, 0.05) is 6.54 Å². The van der Waals surface area contributed by atoms with Gasteiger partial charge < -0.3 is 0 Å². The Morgan fingerprint density at radius 2 is 1.94 bits per heavy atom. The molecule has 1 aromatic carbocycles. The number of nitrogens with zero attached hydrogens (tertiary/aromatic N) is 1. The van der Waals surface area contributed by atoms with Crippen LogP contribution in [0.1, 0.15) is 12.0 Å². The van der Waals surface area contributed by atoms with Crippen LogP contribution in [0, 0.1) is 0 Å². The number of nitrogens with two attached hydrogens (primary N) is 1. The minimum absolute atomic E-state index is 0.133. The zero-order valence-electron chi connectivity index (χ0n) is 8.59. The molecule has 0 atom stereocenters. The predicted octanol–water partition coefficient (Wildman–Crippen LogP) is 1.37. The van der Waals surface area contributed by atoms with E-state index in [-0.39, 0.29) is 4.90 Å². The summed E-state index contributed by atoms with van der Waals surface area (Å²) < 4.78 is 22.0. The van der Waals surface area contributed by atoms with Gasteiger partial charge in [-0.3, -0.25) is 0 Å². The van der Waals surface area contributed by atoms with E-state index in [0.717, 1.165) is 18.4 Å². The molecule has 4 nitrogen and oxygen atoms in total.